The van der Waals surface area contributed by atoms with Crippen LogP contribution in [0, 0.1) is 0 Å². The highest BCUT2D eigenvalue weighted by atomic mass is 16.3. The highest BCUT2D eigenvalue weighted by Gasteiger charge is 2.25. The summed E-state index contributed by atoms with van der Waals surface area (Å²) in [6.07, 6.45) is 5.02. The minimum Gasteiger partial charge on any atom is -0.503 e. The maximum Gasteiger partial charge on any atom is 0.223 e. The van der Waals surface area contributed by atoms with Gasteiger partial charge in [-0.25, -0.2) is 0 Å². The van der Waals surface area contributed by atoms with Gasteiger partial charge in [0.05, 0.1) is 12.8 Å². The van der Waals surface area contributed by atoms with Crippen LogP contribution in [0.4, 0.5) is 0 Å². The molecule has 20 heavy (non-hydrogen) atoms. The van der Waals surface area contributed by atoms with E-state index in [2.05, 4.69) is 18.7 Å². The number of aliphatic hydroxyl groups excluding tert-OH is 1. The number of hydrogen-bond donors (Lipinski definition) is 2. The number of aromatic nitrogens is 1. The fourth-order valence-corrected chi connectivity index (χ4v) is 3.03. The molecule has 112 valence electrons. The van der Waals surface area contributed by atoms with E-state index in [0.717, 1.165) is 5.69 Å². The summed E-state index contributed by atoms with van der Waals surface area (Å²) in [5, 5.41) is 18.7. The Hall–Kier alpha value is -1.33. The molecule has 1 aromatic heterocycles. The average Bonchev–Trinajstić information content (AvgIpc) is 2.39. The topological polar surface area (TPSA) is 65.7 Å². The van der Waals surface area contributed by atoms with E-state index in [1.165, 1.54) is 31.5 Å². The Morgan fingerprint density at radius 1 is 1.30 bits per heavy atom. The minimum absolute atomic E-state index is 0.0135. The smallest absolute Gasteiger partial charge is 0.223 e. The number of nitrogens with zero attached hydrogens (tertiary/aromatic N) is 2. The molecule has 2 N–H and O–H groups in total. The molecule has 0 bridgehead atoms. The van der Waals surface area contributed by atoms with Crippen LogP contribution in [0.1, 0.15) is 38.8 Å². The third kappa shape index (κ3) is 3.22. The highest BCUT2D eigenvalue weighted by Crippen LogP contribution is 2.24. The second kappa shape index (κ2) is 6.41. The number of pyridine rings is 1. The first kappa shape index (κ1) is 15.1. The molecule has 0 aromatic carbocycles. The SMILES string of the molecule is CC1CCCC(C)N1Cc1cc(=O)c(O)cn1CCO. The van der Waals surface area contributed by atoms with Gasteiger partial charge in [0.2, 0.25) is 5.43 Å². The van der Waals surface area contributed by atoms with Crippen LogP contribution < -0.4 is 5.43 Å². The average molecular weight is 280 g/mol. The Kier molecular flexibility index (Phi) is 4.83. The van der Waals surface area contributed by atoms with Gasteiger partial charge in [0.1, 0.15) is 0 Å². The van der Waals surface area contributed by atoms with Gasteiger partial charge in [-0.1, -0.05) is 6.42 Å². The second-order valence-electron chi connectivity index (χ2n) is 5.73. The van der Waals surface area contributed by atoms with Crippen molar-refractivity contribution in [3.05, 3.63) is 28.2 Å². The summed E-state index contributed by atoms with van der Waals surface area (Å²) < 4.78 is 1.77. The van der Waals surface area contributed by atoms with Crippen molar-refractivity contribution in [2.45, 2.75) is 58.3 Å². The van der Waals surface area contributed by atoms with Crippen molar-refractivity contribution in [1.82, 2.24) is 9.47 Å². The molecular weight excluding hydrogens is 256 g/mol. The second-order valence-corrected chi connectivity index (χ2v) is 5.73. The monoisotopic (exact) mass is 280 g/mol. The molecule has 2 rings (SSSR count). The Bertz CT molecular complexity index is 502. The largest absolute Gasteiger partial charge is 0.503 e. The quantitative estimate of drug-likeness (QED) is 0.873. The molecule has 5 nitrogen and oxygen atoms in total. The number of rotatable bonds is 4. The Labute approximate surface area is 119 Å². The molecule has 2 heterocycles. The molecule has 1 fully saturated rings. The first-order valence-corrected chi connectivity index (χ1v) is 7.32. The lowest BCUT2D eigenvalue weighted by Crippen LogP contribution is -2.43. The third-order valence-electron chi connectivity index (χ3n) is 4.26. The predicted molar refractivity (Wildman–Crippen MR) is 77.8 cm³/mol. The maximum absolute atomic E-state index is 11.7. The fraction of sp³-hybridized carbons (Fsp3) is 0.667. The van der Waals surface area contributed by atoms with Crippen LogP contribution in [-0.2, 0) is 13.1 Å². The first-order valence-electron chi connectivity index (χ1n) is 7.32. The van der Waals surface area contributed by atoms with E-state index in [0.29, 0.717) is 25.2 Å². The first-order chi connectivity index (χ1) is 9.52. The van der Waals surface area contributed by atoms with E-state index in [1.54, 1.807) is 4.57 Å². The number of likely N-dealkylation sites (tertiary alicyclic amines) is 1. The highest BCUT2D eigenvalue weighted by molar-refractivity contribution is 5.20. The molecule has 0 spiro atoms. The number of aromatic hydroxyl groups is 1. The standard InChI is InChI=1S/C15H24N2O3/c1-11-4-3-5-12(2)17(11)9-13-8-14(19)15(20)10-16(13)6-7-18/h8,10-12,18,20H,3-7,9H2,1-2H3. The van der Waals surface area contributed by atoms with Crippen molar-refractivity contribution >= 4 is 0 Å². The van der Waals surface area contributed by atoms with Gasteiger partial charge in [-0.15, -0.1) is 0 Å². The van der Waals surface area contributed by atoms with Crippen molar-refractivity contribution in [3.8, 4) is 5.75 Å². The zero-order chi connectivity index (χ0) is 14.7. The molecule has 1 saturated heterocycles. The molecule has 5 heteroatoms. The number of hydrogen-bond acceptors (Lipinski definition) is 4. The Morgan fingerprint density at radius 3 is 2.55 bits per heavy atom. The van der Waals surface area contributed by atoms with Gasteiger partial charge < -0.3 is 14.8 Å². The van der Waals surface area contributed by atoms with E-state index < -0.39 is 0 Å². The minimum atomic E-state index is -0.355. The molecule has 2 unspecified atom stereocenters. The Morgan fingerprint density at radius 2 is 1.95 bits per heavy atom. The fourth-order valence-electron chi connectivity index (χ4n) is 3.03. The summed E-state index contributed by atoms with van der Waals surface area (Å²) in [5.74, 6) is -0.262. The summed E-state index contributed by atoms with van der Waals surface area (Å²) in [6, 6.07) is 2.47. The van der Waals surface area contributed by atoms with Crippen LogP contribution in [0.5, 0.6) is 5.75 Å². The van der Waals surface area contributed by atoms with E-state index in [1.807, 2.05) is 0 Å². The molecule has 1 aliphatic rings. The molecule has 0 radical (unpaired) electrons. The molecular formula is C15H24N2O3. The molecule has 0 amide bonds. The van der Waals surface area contributed by atoms with Crippen molar-refractivity contribution < 1.29 is 10.2 Å². The zero-order valence-corrected chi connectivity index (χ0v) is 12.2. The van der Waals surface area contributed by atoms with Crippen LogP contribution in [0.15, 0.2) is 17.1 Å². The summed E-state index contributed by atoms with van der Waals surface area (Å²) in [5.41, 5.74) is 0.494. The van der Waals surface area contributed by atoms with Crippen molar-refractivity contribution in [2.24, 2.45) is 0 Å². The molecule has 1 aliphatic heterocycles. The van der Waals surface area contributed by atoms with Crippen LogP contribution in [0.2, 0.25) is 0 Å². The maximum atomic E-state index is 11.7. The van der Waals surface area contributed by atoms with Crippen LogP contribution in [-0.4, -0.2) is 38.4 Å². The summed E-state index contributed by atoms with van der Waals surface area (Å²) in [7, 11) is 0. The molecule has 0 saturated carbocycles. The van der Waals surface area contributed by atoms with Gasteiger partial charge in [0, 0.05) is 36.9 Å². The van der Waals surface area contributed by atoms with Crippen LogP contribution in [0.3, 0.4) is 0 Å². The molecule has 0 aliphatic carbocycles. The van der Waals surface area contributed by atoms with E-state index in [-0.39, 0.29) is 17.8 Å². The third-order valence-corrected chi connectivity index (χ3v) is 4.26. The lowest BCUT2D eigenvalue weighted by atomic mass is 9.97. The lowest BCUT2D eigenvalue weighted by molar-refractivity contribution is 0.0917. The zero-order valence-electron chi connectivity index (χ0n) is 12.2. The van der Waals surface area contributed by atoms with Gasteiger partial charge >= 0.3 is 0 Å². The van der Waals surface area contributed by atoms with Crippen molar-refractivity contribution in [3.63, 3.8) is 0 Å². The van der Waals surface area contributed by atoms with Gasteiger partial charge in [-0.2, -0.15) is 0 Å². The number of aliphatic hydroxyl groups is 1. The molecule has 2 atom stereocenters. The van der Waals surface area contributed by atoms with Crippen LogP contribution in [0.25, 0.3) is 0 Å². The summed E-state index contributed by atoms with van der Waals surface area (Å²) in [4.78, 5) is 14.0. The van der Waals surface area contributed by atoms with E-state index in [4.69, 9.17) is 5.11 Å². The number of piperidine rings is 1. The Balaban J connectivity index is 2.27. The van der Waals surface area contributed by atoms with Gasteiger partial charge in [-0.05, 0) is 26.7 Å². The van der Waals surface area contributed by atoms with Crippen LogP contribution >= 0.6 is 0 Å². The summed E-state index contributed by atoms with van der Waals surface area (Å²) >= 11 is 0. The van der Waals surface area contributed by atoms with Crippen molar-refractivity contribution in [2.75, 3.05) is 6.61 Å². The van der Waals surface area contributed by atoms with Gasteiger partial charge in [0.25, 0.3) is 0 Å². The summed E-state index contributed by atoms with van der Waals surface area (Å²) in [6.45, 7) is 5.48. The van der Waals surface area contributed by atoms with Gasteiger partial charge in [-0.3, -0.25) is 9.69 Å². The predicted octanol–water partition coefficient (Wildman–Crippen LogP) is 1.31. The van der Waals surface area contributed by atoms with E-state index in [9.17, 15) is 9.90 Å². The normalized spacial score (nSPS) is 23.9. The molecule has 1 aromatic rings. The van der Waals surface area contributed by atoms with Gasteiger partial charge in [0.15, 0.2) is 5.75 Å². The van der Waals surface area contributed by atoms with Crippen molar-refractivity contribution in [1.29, 1.82) is 0 Å². The van der Waals surface area contributed by atoms with E-state index >= 15 is 0 Å². The lowest BCUT2D eigenvalue weighted by Gasteiger charge is -2.39.